The molecule has 3 aromatic carbocycles. The molecule has 5 heteroatoms. The molecule has 160 valence electrons. The summed E-state index contributed by atoms with van der Waals surface area (Å²) in [6.45, 7) is 4.59. The first-order valence-electron chi connectivity index (χ1n) is 10.3. The maximum Gasteiger partial charge on any atom is 0.242 e. The van der Waals surface area contributed by atoms with Crippen molar-refractivity contribution in [3.63, 3.8) is 0 Å². The summed E-state index contributed by atoms with van der Waals surface area (Å²) >= 11 is 5.96. The van der Waals surface area contributed by atoms with Crippen molar-refractivity contribution in [1.82, 2.24) is 10.2 Å². The Balaban J connectivity index is 1.72. The number of aryl methyl sites for hydroxylation is 1. The minimum Gasteiger partial charge on any atom is -0.350 e. The van der Waals surface area contributed by atoms with Crippen molar-refractivity contribution in [2.24, 2.45) is 0 Å². The summed E-state index contributed by atoms with van der Waals surface area (Å²) in [6, 6.07) is 24.3. The number of nitrogens with zero attached hydrogens (tertiary/aromatic N) is 1. The van der Waals surface area contributed by atoms with Crippen LogP contribution in [0.25, 0.3) is 0 Å². The lowest BCUT2D eigenvalue weighted by Crippen LogP contribution is -2.47. The normalized spacial score (nSPS) is 11.6. The Labute approximate surface area is 188 Å². The van der Waals surface area contributed by atoms with E-state index >= 15 is 0 Å². The fourth-order valence-electron chi connectivity index (χ4n) is 3.28. The second kappa shape index (κ2) is 10.8. The van der Waals surface area contributed by atoms with E-state index in [4.69, 9.17) is 11.6 Å². The van der Waals surface area contributed by atoms with Crippen LogP contribution in [0.15, 0.2) is 78.9 Å². The molecular formula is C26H27ClN2O2. The standard InChI is InChI=1S/C26H27ClN2O2/c1-19-8-10-22(11-9-19)17-28-26(31)20(2)29(18-23-6-4-3-5-7-23)25(30)16-21-12-14-24(27)15-13-21/h3-15,20H,16-18H2,1-2H3,(H,28,31). The SMILES string of the molecule is Cc1ccc(CNC(=O)C(C)N(Cc2ccccc2)C(=O)Cc2ccc(Cl)cc2)cc1. The summed E-state index contributed by atoms with van der Waals surface area (Å²) in [6.07, 6.45) is 0.208. The third kappa shape index (κ3) is 6.69. The van der Waals surface area contributed by atoms with Crippen LogP contribution in [0.2, 0.25) is 5.02 Å². The van der Waals surface area contributed by atoms with E-state index in [0.717, 1.165) is 16.7 Å². The third-order valence-electron chi connectivity index (χ3n) is 5.22. The summed E-state index contributed by atoms with van der Waals surface area (Å²) < 4.78 is 0. The van der Waals surface area contributed by atoms with Gasteiger partial charge in [0.05, 0.1) is 6.42 Å². The molecule has 0 bridgehead atoms. The van der Waals surface area contributed by atoms with E-state index in [1.165, 1.54) is 5.56 Å². The van der Waals surface area contributed by atoms with Gasteiger partial charge in [-0.15, -0.1) is 0 Å². The van der Waals surface area contributed by atoms with E-state index in [1.54, 1.807) is 24.0 Å². The second-order valence-electron chi connectivity index (χ2n) is 7.69. The zero-order chi connectivity index (χ0) is 22.2. The second-order valence-corrected chi connectivity index (χ2v) is 8.13. The van der Waals surface area contributed by atoms with Crippen molar-refractivity contribution in [3.05, 3.63) is 106 Å². The number of carbonyl (C=O) groups excluding carboxylic acids is 2. The fraction of sp³-hybridized carbons (Fsp3) is 0.231. The van der Waals surface area contributed by atoms with Crippen molar-refractivity contribution < 1.29 is 9.59 Å². The molecule has 0 spiro atoms. The molecule has 2 amide bonds. The van der Waals surface area contributed by atoms with Gasteiger partial charge in [0.25, 0.3) is 0 Å². The van der Waals surface area contributed by atoms with Crippen molar-refractivity contribution >= 4 is 23.4 Å². The summed E-state index contributed by atoms with van der Waals surface area (Å²) in [7, 11) is 0. The highest BCUT2D eigenvalue weighted by atomic mass is 35.5. The van der Waals surface area contributed by atoms with Crippen LogP contribution in [0.4, 0.5) is 0 Å². The summed E-state index contributed by atoms with van der Waals surface area (Å²) in [4.78, 5) is 27.7. The third-order valence-corrected chi connectivity index (χ3v) is 5.47. The molecule has 1 atom stereocenters. The van der Waals surface area contributed by atoms with E-state index in [2.05, 4.69) is 5.32 Å². The molecule has 3 aromatic rings. The summed E-state index contributed by atoms with van der Waals surface area (Å²) in [5.74, 6) is -0.287. The zero-order valence-electron chi connectivity index (χ0n) is 17.8. The Morgan fingerprint density at radius 2 is 1.48 bits per heavy atom. The van der Waals surface area contributed by atoms with Crippen LogP contribution in [-0.2, 0) is 29.1 Å². The molecule has 4 nitrogen and oxygen atoms in total. The molecule has 31 heavy (non-hydrogen) atoms. The minimum absolute atomic E-state index is 0.107. The van der Waals surface area contributed by atoms with Crippen LogP contribution in [0.1, 0.15) is 29.2 Å². The number of benzene rings is 3. The summed E-state index contributed by atoms with van der Waals surface area (Å²) in [5, 5.41) is 3.59. The molecule has 0 saturated heterocycles. The van der Waals surface area contributed by atoms with Crippen LogP contribution < -0.4 is 5.32 Å². The van der Waals surface area contributed by atoms with E-state index in [0.29, 0.717) is 18.1 Å². The van der Waals surface area contributed by atoms with E-state index in [1.807, 2.05) is 73.7 Å². The molecule has 3 rings (SSSR count). The highest BCUT2D eigenvalue weighted by Crippen LogP contribution is 2.15. The molecule has 0 saturated carbocycles. The molecule has 0 fully saturated rings. The van der Waals surface area contributed by atoms with Crippen molar-refractivity contribution in [2.45, 2.75) is 39.4 Å². The van der Waals surface area contributed by atoms with Crippen LogP contribution in [0.3, 0.4) is 0 Å². The minimum atomic E-state index is -0.606. The van der Waals surface area contributed by atoms with Gasteiger partial charge < -0.3 is 10.2 Å². The maximum atomic E-state index is 13.2. The molecule has 0 aliphatic rings. The smallest absolute Gasteiger partial charge is 0.242 e. The number of amides is 2. The molecule has 0 aliphatic heterocycles. The first-order chi connectivity index (χ1) is 14.9. The van der Waals surface area contributed by atoms with Gasteiger partial charge >= 0.3 is 0 Å². The predicted molar refractivity (Wildman–Crippen MR) is 125 cm³/mol. The van der Waals surface area contributed by atoms with Gasteiger partial charge in [-0.05, 0) is 42.7 Å². The number of rotatable bonds is 8. The van der Waals surface area contributed by atoms with Gasteiger partial charge in [0.15, 0.2) is 0 Å². The lowest BCUT2D eigenvalue weighted by molar-refractivity contribution is -0.140. The number of halogens is 1. The van der Waals surface area contributed by atoms with Gasteiger partial charge in [-0.2, -0.15) is 0 Å². The van der Waals surface area contributed by atoms with Gasteiger partial charge in [-0.1, -0.05) is 83.9 Å². The van der Waals surface area contributed by atoms with Crippen molar-refractivity contribution in [3.8, 4) is 0 Å². The average Bonchev–Trinajstić information content (AvgIpc) is 2.78. The Hall–Kier alpha value is -3.11. The van der Waals surface area contributed by atoms with Crippen LogP contribution in [0.5, 0.6) is 0 Å². The predicted octanol–water partition coefficient (Wildman–Crippen LogP) is 4.92. The lowest BCUT2D eigenvalue weighted by Gasteiger charge is -2.29. The molecule has 0 aliphatic carbocycles. The van der Waals surface area contributed by atoms with Crippen molar-refractivity contribution in [1.29, 1.82) is 0 Å². The molecular weight excluding hydrogens is 408 g/mol. The van der Waals surface area contributed by atoms with Crippen LogP contribution in [-0.4, -0.2) is 22.8 Å². The monoisotopic (exact) mass is 434 g/mol. The van der Waals surface area contributed by atoms with Gasteiger partial charge in [-0.25, -0.2) is 0 Å². The van der Waals surface area contributed by atoms with Crippen LogP contribution >= 0.6 is 11.6 Å². The highest BCUT2D eigenvalue weighted by Gasteiger charge is 2.26. The van der Waals surface area contributed by atoms with Gasteiger partial charge in [-0.3, -0.25) is 9.59 Å². The molecule has 0 heterocycles. The van der Waals surface area contributed by atoms with Crippen LogP contribution in [0, 0.1) is 6.92 Å². The topological polar surface area (TPSA) is 49.4 Å². The molecule has 1 N–H and O–H groups in total. The Morgan fingerprint density at radius 3 is 2.13 bits per heavy atom. The molecule has 0 aromatic heterocycles. The van der Waals surface area contributed by atoms with E-state index in [-0.39, 0.29) is 18.2 Å². The first kappa shape index (κ1) is 22.6. The maximum absolute atomic E-state index is 13.2. The number of hydrogen-bond acceptors (Lipinski definition) is 2. The van der Waals surface area contributed by atoms with Gasteiger partial charge in [0.1, 0.15) is 6.04 Å². The Morgan fingerprint density at radius 1 is 0.871 bits per heavy atom. The molecule has 0 radical (unpaired) electrons. The largest absolute Gasteiger partial charge is 0.350 e. The van der Waals surface area contributed by atoms with Gasteiger partial charge in [0, 0.05) is 18.1 Å². The first-order valence-corrected chi connectivity index (χ1v) is 10.7. The van der Waals surface area contributed by atoms with Gasteiger partial charge in [0.2, 0.25) is 11.8 Å². The number of hydrogen-bond donors (Lipinski definition) is 1. The quantitative estimate of drug-likeness (QED) is 0.546. The zero-order valence-corrected chi connectivity index (χ0v) is 18.6. The number of carbonyl (C=O) groups is 2. The number of nitrogens with one attached hydrogen (secondary N) is 1. The fourth-order valence-corrected chi connectivity index (χ4v) is 3.41. The van der Waals surface area contributed by atoms with Crippen molar-refractivity contribution in [2.75, 3.05) is 0 Å². The highest BCUT2D eigenvalue weighted by molar-refractivity contribution is 6.30. The Bertz CT molecular complexity index is 1000. The lowest BCUT2D eigenvalue weighted by atomic mass is 10.1. The van der Waals surface area contributed by atoms with E-state index < -0.39 is 6.04 Å². The Kier molecular flexibility index (Phi) is 7.85. The average molecular weight is 435 g/mol. The van der Waals surface area contributed by atoms with E-state index in [9.17, 15) is 9.59 Å². The summed E-state index contributed by atoms with van der Waals surface area (Å²) in [5.41, 5.74) is 4.03. The molecule has 1 unspecified atom stereocenters.